The van der Waals surface area contributed by atoms with Gasteiger partial charge in [0.15, 0.2) is 5.82 Å². The van der Waals surface area contributed by atoms with E-state index in [1.165, 1.54) is 4.68 Å². The van der Waals surface area contributed by atoms with Crippen LogP contribution >= 0.6 is 11.6 Å². The van der Waals surface area contributed by atoms with E-state index in [1.54, 1.807) is 6.92 Å². The lowest BCUT2D eigenvalue weighted by Gasteiger charge is -2.04. The predicted molar refractivity (Wildman–Crippen MR) is 62.8 cm³/mol. The molecule has 2 aromatic heterocycles. The van der Waals surface area contributed by atoms with Crippen molar-refractivity contribution in [2.45, 2.75) is 20.8 Å². The fourth-order valence-corrected chi connectivity index (χ4v) is 1.62. The molecule has 0 spiro atoms. The van der Waals surface area contributed by atoms with Crippen molar-refractivity contribution in [3.63, 3.8) is 0 Å². The maximum absolute atomic E-state index is 5.98. The molecule has 2 N–H and O–H groups in total. The van der Waals surface area contributed by atoms with E-state index in [1.807, 2.05) is 19.9 Å². The number of rotatable bonds is 1. The molecule has 0 amide bonds. The molecule has 0 aliphatic rings. The van der Waals surface area contributed by atoms with Gasteiger partial charge in [0.25, 0.3) is 0 Å². The fourth-order valence-electron chi connectivity index (χ4n) is 1.51. The highest BCUT2D eigenvalue weighted by molar-refractivity contribution is 6.33. The van der Waals surface area contributed by atoms with E-state index in [2.05, 4.69) is 15.1 Å². The van der Waals surface area contributed by atoms with Gasteiger partial charge in [0, 0.05) is 11.8 Å². The molecule has 0 radical (unpaired) electrons. The van der Waals surface area contributed by atoms with Crippen LogP contribution in [-0.2, 0) is 0 Å². The molecule has 2 rings (SSSR count). The molecular formula is C10H12ClN5. The van der Waals surface area contributed by atoms with Crippen LogP contribution in [0.4, 0.5) is 5.82 Å². The highest BCUT2D eigenvalue weighted by atomic mass is 35.5. The maximum atomic E-state index is 5.98. The molecule has 0 bridgehead atoms. The molecule has 2 heterocycles. The minimum atomic E-state index is 0.400. The number of halogens is 1. The van der Waals surface area contributed by atoms with Crippen molar-refractivity contribution >= 4 is 17.4 Å². The zero-order chi connectivity index (χ0) is 11.9. The van der Waals surface area contributed by atoms with Gasteiger partial charge in [0.2, 0.25) is 0 Å². The largest absolute Gasteiger partial charge is 0.382 e. The van der Waals surface area contributed by atoms with Crippen molar-refractivity contribution in [2.24, 2.45) is 0 Å². The Kier molecular flexibility index (Phi) is 2.55. The Bertz CT molecular complexity index is 526. The lowest BCUT2D eigenvalue weighted by molar-refractivity contribution is 0.819. The lowest BCUT2D eigenvalue weighted by atomic mass is 10.4. The van der Waals surface area contributed by atoms with Crippen LogP contribution in [0.25, 0.3) is 5.82 Å². The number of nitrogen functional groups attached to an aromatic ring is 1. The van der Waals surface area contributed by atoms with Gasteiger partial charge in [-0.3, -0.25) is 0 Å². The second-order valence-corrected chi connectivity index (χ2v) is 3.99. The number of anilines is 1. The SMILES string of the molecule is Cc1cc(-n2nc(C)c(Cl)c2N)nc(C)n1. The van der Waals surface area contributed by atoms with Crippen LogP contribution in [-0.4, -0.2) is 19.7 Å². The molecule has 6 heteroatoms. The quantitative estimate of drug-likeness (QED) is 0.822. The second kappa shape index (κ2) is 3.75. The third kappa shape index (κ3) is 1.74. The Morgan fingerprint density at radius 3 is 2.44 bits per heavy atom. The summed E-state index contributed by atoms with van der Waals surface area (Å²) in [5, 5.41) is 4.70. The Balaban J connectivity index is 2.62. The lowest BCUT2D eigenvalue weighted by Crippen LogP contribution is -2.06. The van der Waals surface area contributed by atoms with Gasteiger partial charge in [-0.15, -0.1) is 0 Å². The van der Waals surface area contributed by atoms with Crippen LogP contribution in [0.3, 0.4) is 0 Å². The van der Waals surface area contributed by atoms with Crippen molar-refractivity contribution in [2.75, 3.05) is 5.73 Å². The van der Waals surface area contributed by atoms with Crippen molar-refractivity contribution in [1.82, 2.24) is 19.7 Å². The Labute approximate surface area is 98.3 Å². The summed E-state index contributed by atoms with van der Waals surface area (Å²) >= 11 is 5.98. The summed E-state index contributed by atoms with van der Waals surface area (Å²) in [6.07, 6.45) is 0. The standard InChI is InChI=1S/C10H12ClN5/c1-5-4-8(14-7(3)13-5)16-10(12)9(11)6(2)15-16/h4H,12H2,1-3H3. The first-order chi connectivity index (χ1) is 7.49. The minimum absolute atomic E-state index is 0.400. The van der Waals surface area contributed by atoms with Gasteiger partial charge in [-0.1, -0.05) is 11.6 Å². The molecule has 0 aliphatic heterocycles. The highest BCUT2D eigenvalue weighted by Crippen LogP contribution is 2.24. The smallest absolute Gasteiger partial charge is 0.159 e. The fraction of sp³-hybridized carbons (Fsp3) is 0.300. The van der Waals surface area contributed by atoms with Crippen molar-refractivity contribution in [1.29, 1.82) is 0 Å². The molecule has 5 nitrogen and oxygen atoms in total. The third-order valence-corrected chi connectivity index (χ3v) is 2.66. The molecular weight excluding hydrogens is 226 g/mol. The third-order valence-electron chi connectivity index (χ3n) is 2.19. The van der Waals surface area contributed by atoms with E-state index in [0.29, 0.717) is 28.2 Å². The van der Waals surface area contributed by atoms with Gasteiger partial charge in [-0.05, 0) is 20.8 Å². The Morgan fingerprint density at radius 2 is 1.94 bits per heavy atom. The zero-order valence-electron chi connectivity index (χ0n) is 9.32. The van der Waals surface area contributed by atoms with Crippen molar-refractivity contribution in [3.05, 3.63) is 28.3 Å². The molecule has 0 saturated carbocycles. The van der Waals surface area contributed by atoms with Gasteiger partial charge in [0.1, 0.15) is 16.7 Å². The van der Waals surface area contributed by atoms with Gasteiger partial charge in [0.05, 0.1) is 5.69 Å². The normalized spacial score (nSPS) is 10.8. The van der Waals surface area contributed by atoms with Crippen LogP contribution in [0, 0.1) is 20.8 Å². The zero-order valence-corrected chi connectivity index (χ0v) is 10.1. The van der Waals surface area contributed by atoms with Crippen molar-refractivity contribution in [3.8, 4) is 5.82 Å². The maximum Gasteiger partial charge on any atom is 0.159 e. The molecule has 16 heavy (non-hydrogen) atoms. The molecule has 0 aliphatic carbocycles. The highest BCUT2D eigenvalue weighted by Gasteiger charge is 2.13. The predicted octanol–water partition coefficient (Wildman–Crippen LogP) is 1.82. The second-order valence-electron chi connectivity index (χ2n) is 3.61. The monoisotopic (exact) mass is 237 g/mol. The first-order valence-electron chi connectivity index (χ1n) is 4.82. The molecule has 0 atom stereocenters. The summed E-state index contributed by atoms with van der Waals surface area (Å²) in [7, 11) is 0. The van der Waals surface area contributed by atoms with Crippen LogP contribution in [0.15, 0.2) is 6.07 Å². The summed E-state index contributed by atoms with van der Waals surface area (Å²) < 4.78 is 1.53. The summed E-state index contributed by atoms with van der Waals surface area (Å²) in [6, 6.07) is 1.81. The number of nitrogens with two attached hydrogens (primary N) is 1. The molecule has 84 valence electrons. The van der Waals surface area contributed by atoms with Crippen LogP contribution < -0.4 is 5.73 Å². The Hall–Kier alpha value is -1.62. The number of hydrogen-bond acceptors (Lipinski definition) is 4. The summed E-state index contributed by atoms with van der Waals surface area (Å²) in [5.41, 5.74) is 7.40. The summed E-state index contributed by atoms with van der Waals surface area (Å²) in [4.78, 5) is 8.46. The van der Waals surface area contributed by atoms with Crippen LogP contribution in [0.5, 0.6) is 0 Å². The van der Waals surface area contributed by atoms with Crippen LogP contribution in [0.2, 0.25) is 5.02 Å². The van der Waals surface area contributed by atoms with E-state index in [4.69, 9.17) is 17.3 Å². The summed E-state index contributed by atoms with van der Waals surface area (Å²) in [6.45, 7) is 5.52. The molecule has 2 aromatic rings. The average Bonchev–Trinajstić information content (AvgIpc) is 2.44. The van der Waals surface area contributed by atoms with E-state index in [0.717, 1.165) is 5.69 Å². The molecule has 0 saturated heterocycles. The van der Waals surface area contributed by atoms with E-state index < -0.39 is 0 Å². The van der Waals surface area contributed by atoms with Gasteiger partial charge in [-0.25, -0.2) is 9.97 Å². The molecule has 0 fully saturated rings. The number of hydrogen-bond donors (Lipinski definition) is 1. The number of nitrogens with zero attached hydrogens (tertiary/aromatic N) is 4. The van der Waals surface area contributed by atoms with Crippen LogP contribution in [0.1, 0.15) is 17.2 Å². The first-order valence-corrected chi connectivity index (χ1v) is 5.20. The topological polar surface area (TPSA) is 69.6 Å². The van der Waals surface area contributed by atoms with Crippen molar-refractivity contribution < 1.29 is 0 Å². The van der Waals surface area contributed by atoms with Gasteiger partial charge >= 0.3 is 0 Å². The van der Waals surface area contributed by atoms with E-state index >= 15 is 0 Å². The summed E-state index contributed by atoms with van der Waals surface area (Å²) in [5.74, 6) is 1.72. The Morgan fingerprint density at radius 1 is 1.25 bits per heavy atom. The molecule has 0 aromatic carbocycles. The average molecular weight is 238 g/mol. The van der Waals surface area contributed by atoms with E-state index in [-0.39, 0.29) is 0 Å². The molecule has 0 unspecified atom stereocenters. The number of aromatic nitrogens is 4. The number of aryl methyl sites for hydroxylation is 3. The first kappa shape index (κ1) is 10.9. The van der Waals surface area contributed by atoms with Gasteiger partial charge in [-0.2, -0.15) is 9.78 Å². The van der Waals surface area contributed by atoms with Gasteiger partial charge < -0.3 is 5.73 Å². The van der Waals surface area contributed by atoms with E-state index in [9.17, 15) is 0 Å². The minimum Gasteiger partial charge on any atom is -0.382 e.